The molecular weight excluding hydrogens is 346 g/mol. The summed E-state index contributed by atoms with van der Waals surface area (Å²) in [6, 6.07) is 7.69. The highest BCUT2D eigenvalue weighted by Crippen LogP contribution is 2.29. The van der Waals surface area contributed by atoms with Crippen LogP contribution in [0.3, 0.4) is 0 Å². The maximum absolute atomic E-state index is 11.8. The molecule has 0 aliphatic carbocycles. The molecule has 0 aliphatic heterocycles. The van der Waals surface area contributed by atoms with Gasteiger partial charge in [-0.1, -0.05) is 0 Å². The number of nitro groups is 1. The normalized spacial score (nSPS) is 10.4. The molecule has 25 heavy (non-hydrogen) atoms. The van der Waals surface area contributed by atoms with Crippen LogP contribution >= 0.6 is 12.2 Å². The highest BCUT2D eigenvalue weighted by molar-refractivity contribution is 7.80. The molecule has 130 valence electrons. The van der Waals surface area contributed by atoms with Crippen molar-refractivity contribution in [3.8, 4) is 5.75 Å². The van der Waals surface area contributed by atoms with Crippen molar-refractivity contribution < 1.29 is 18.9 Å². The summed E-state index contributed by atoms with van der Waals surface area (Å²) in [7, 11) is 0. The van der Waals surface area contributed by atoms with E-state index in [1.165, 1.54) is 30.5 Å². The smallest absolute Gasteiger partial charge is 0.296 e. The SMILES string of the molecule is CCOc1ccc(NC(=S)NC(=O)C=Cc2ccco2)c([N+](=O)[O-])c1. The molecule has 1 aromatic carbocycles. The van der Waals surface area contributed by atoms with Crippen molar-refractivity contribution >= 4 is 40.7 Å². The van der Waals surface area contributed by atoms with Crippen LogP contribution in [0.15, 0.2) is 47.1 Å². The van der Waals surface area contributed by atoms with E-state index in [1.54, 1.807) is 25.1 Å². The number of thiocarbonyl (C=S) groups is 1. The summed E-state index contributed by atoms with van der Waals surface area (Å²) >= 11 is 5.00. The molecule has 8 nitrogen and oxygen atoms in total. The first-order chi connectivity index (χ1) is 12.0. The van der Waals surface area contributed by atoms with Gasteiger partial charge in [0.05, 0.1) is 23.9 Å². The van der Waals surface area contributed by atoms with Gasteiger partial charge in [-0.05, 0) is 49.5 Å². The molecule has 2 rings (SSSR count). The zero-order chi connectivity index (χ0) is 18.2. The van der Waals surface area contributed by atoms with Crippen molar-refractivity contribution in [2.75, 3.05) is 11.9 Å². The van der Waals surface area contributed by atoms with Crippen molar-refractivity contribution in [3.05, 3.63) is 58.5 Å². The third-order valence-corrected chi connectivity index (χ3v) is 3.11. The Bertz CT molecular complexity index is 802. The summed E-state index contributed by atoms with van der Waals surface area (Å²) in [5.41, 5.74) is -0.0672. The quantitative estimate of drug-likeness (QED) is 0.352. The van der Waals surface area contributed by atoms with E-state index >= 15 is 0 Å². The lowest BCUT2D eigenvalue weighted by atomic mass is 10.2. The van der Waals surface area contributed by atoms with Gasteiger partial charge in [0.2, 0.25) is 5.91 Å². The van der Waals surface area contributed by atoms with E-state index in [4.69, 9.17) is 21.4 Å². The number of furan rings is 1. The van der Waals surface area contributed by atoms with Crippen molar-refractivity contribution in [2.45, 2.75) is 6.92 Å². The van der Waals surface area contributed by atoms with Crippen LogP contribution in [-0.2, 0) is 4.79 Å². The second-order valence-corrected chi connectivity index (χ2v) is 5.07. The fourth-order valence-electron chi connectivity index (χ4n) is 1.88. The minimum Gasteiger partial charge on any atom is -0.494 e. The third-order valence-electron chi connectivity index (χ3n) is 2.90. The minimum atomic E-state index is -0.563. The molecule has 1 amide bonds. The molecule has 0 atom stereocenters. The Hall–Kier alpha value is -3.20. The Morgan fingerprint density at radius 3 is 2.88 bits per heavy atom. The van der Waals surface area contributed by atoms with Gasteiger partial charge in [-0.3, -0.25) is 20.2 Å². The first kappa shape index (κ1) is 18.1. The van der Waals surface area contributed by atoms with E-state index in [9.17, 15) is 14.9 Å². The Kier molecular flexibility index (Phi) is 6.24. The van der Waals surface area contributed by atoms with Crippen LogP contribution in [0.25, 0.3) is 6.08 Å². The Balaban J connectivity index is 2.02. The molecule has 0 bridgehead atoms. The number of nitrogens with zero attached hydrogens (tertiary/aromatic N) is 1. The zero-order valence-corrected chi connectivity index (χ0v) is 14.0. The van der Waals surface area contributed by atoms with E-state index in [1.807, 2.05) is 0 Å². The predicted molar refractivity (Wildman–Crippen MR) is 96.4 cm³/mol. The standard InChI is InChI=1S/C16H15N3O5S/c1-2-23-12-5-7-13(14(10-12)19(21)22)17-16(25)18-15(20)8-6-11-4-3-9-24-11/h3-10H,2H2,1H3,(H2,17,18,20,25). The van der Waals surface area contributed by atoms with Crippen LogP contribution in [0.1, 0.15) is 12.7 Å². The molecule has 0 radical (unpaired) electrons. The monoisotopic (exact) mass is 361 g/mol. The number of nitro benzene ring substituents is 1. The highest BCUT2D eigenvalue weighted by atomic mass is 32.1. The minimum absolute atomic E-state index is 0.0682. The lowest BCUT2D eigenvalue weighted by Gasteiger charge is -2.10. The molecular formula is C16H15N3O5S. The summed E-state index contributed by atoms with van der Waals surface area (Å²) in [5.74, 6) is 0.384. The fourth-order valence-corrected chi connectivity index (χ4v) is 2.09. The second kappa shape index (κ2) is 8.60. The maximum Gasteiger partial charge on any atom is 0.296 e. The summed E-state index contributed by atoms with van der Waals surface area (Å²) in [4.78, 5) is 22.4. The number of carbonyl (C=O) groups excluding carboxylic acids is 1. The van der Waals surface area contributed by atoms with Crippen molar-refractivity contribution in [1.82, 2.24) is 5.32 Å². The number of hydrogen-bond acceptors (Lipinski definition) is 6. The van der Waals surface area contributed by atoms with Crippen molar-refractivity contribution in [1.29, 1.82) is 0 Å². The van der Waals surface area contributed by atoms with Gasteiger partial charge < -0.3 is 14.5 Å². The van der Waals surface area contributed by atoms with Gasteiger partial charge in [-0.15, -0.1) is 0 Å². The van der Waals surface area contributed by atoms with Crippen LogP contribution < -0.4 is 15.4 Å². The van der Waals surface area contributed by atoms with Crippen LogP contribution in [0.5, 0.6) is 5.75 Å². The number of ether oxygens (including phenoxy) is 1. The fraction of sp³-hybridized carbons (Fsp3) is 0.125. The zero-order valence-electron chi connectivity index (χ0n) is 13.2. The molecule has 0 saturated carbocycles. The number of hydrogen-bond donors (Lipinski definition) is 2. The van der Waals surface area contributed by atoms with Gasteiger partial charge in [0.25, 0.3) is 5.69 Å². The largest absolute Gasteiger partial charge is 0.494 e. The summed E-state index contributed by atoms with van der Waals surface area (Å²) in [5, 5.41) is 16.1. The molecule has 9 heteroatoms. The molecule has 0 saturated heterocycles. The van der Waals surface area contributed by atoms with Crippen LogP contribution in [0.4, 0.5) is 11.4 Å². The number of rotatable bonds is 6. The molecule has 2 aromatic rings. The lowest BCUT2D eigenvalue weighted by Crippen LogP contribution is -2.33. The number of benzene rings is 1. The average Bonchev–Trinajstić information content (AvgIpc) is 3.08. The first-order valence-corrected chi connectivity index (χ1v) is 7.65. The lowest BCUT2D eigenvalue weighted by molar-refractivity contribution is -0.384. The number of carbonyl (C=O) groups is 1. The summed E-state index contributed by atoms with van der Waals surface area (Å²) < 4.78 is 10.3. The van der Waals surface area contributed by atoms with Gasteiger partial charge in [-0.2, -0.15) is 0 Å². The number of anilines is 1. The van der Waals surface area contributed by atoms with E-state index in [2.05, 4.69) is 10.6 Å². The predicted octanol–water partition coefficient (Wildman–Crippen LogP) is 3.11. The molecule has 0 fully saturated rings. The second-order valence-electron chi connectivity index (χ2n) is 4.66. The van der Waals surface area contributed by atoms with Gasteiger partial charge in [0.15, 0.2) is 5.11 Å². The molecule has 1 aromatic heterocycles. The van der Waals surface area contributed by atoms with Crippen LogP contribution in [0, 0.1) is 10.1 Å². The van der Waals surface area contributed by atoms with E-state index in [-0.39, 0.29) is 16.5 Å². The molecule has 2 N–H and O–H groups in total. The molecule has 0 spiro atoms. The molecule has 1 heterocycles. The molecule has 0 unspecified atom stereocenters. The first-order valence-electron chi connectivity index (χ1n) is 7.24. The van der Waals surface area contributed by atoms with Gasteiger partial charge in [0, 0.05) is 6.08 Å². The Morgan fingerprint density at radius 1 is 1.44 bits per heavy atom. The number of amides is 1. The van der Waals surface area contributed by atoms with Gasteiger partial charge in [0.1, 0.15) is 17.2 Å². The van der Waals surface area contributed by atoms with Crippen LogP contribution in [0.2, 0.25) is 0 Å². The van der Waals surface area contributed by atoms with E-state index in [0.717, 1.165) is 0 Å². The highest BCUT2D eigenvalue weighted by Gasteiger charge is 2.16. The van der Waals surface area contributed by atoms with Crippen molar-refractivity contribution in [2.24, 2.45) is 0 Å². The molecule has 0 aliphatic rings. The van der Waals surface area contributed by atoms with E-state index < -0.39 is 10.8 Å². The van der Waals surface area contributed by atoms with E-state index in [0.29, 0.717) is 18.1 Å². The Morgan fingerprint density at radius 2 is 2.24 bits per heavy atom. The Labute approximate surface area is 148 Å². The van der Waals surface area contributed by atoms with Gasteiger partial charge >= 0.3 is 0 Å². The number of nitrogens with one attached hydrogen (secondary N) is 2. The van der Waals surface area contributed by atoms with Crippen molar-refractivity contribution in [3.63, 3.8) is 0 Å². The third kappa shape index (κ3) is 5.43. The topological polar surface area (TPSA) is 107 Å². The summed E-state index contributed by atoms with van der Waals surface area (Å²) in [6.07, 6.45) is 4.19. The average molecular weight is 361 g/mol. The summed E-state index contributed by atoms with van der Waals surface area (Å²) in [6.45, 7) is 2.17. The van der Waals surface area contributed by atoms with Gasteiger partial charge in [-0.25, -0.2) is 0 Å². The maximum atomic E-state index is 11.8. The van der Waals surface area contributed by atoms with Crippen LogP contribution in [-0.4, -0.2) is 22.5 Å².